The Bertz CT molecular complexity index is 804. The van der Waals surface area contributed by atoms with Gasteiger partial charge in [-0.2, -0.15) is 4.31 Å². The van der Waals surface area contributed by atoms with E-state index in [0.29, 0.717) is 30.5 Å². The van der Waals surface area contributed by atoms with Gasteiger partial charge in [-0.05, 0) is 37.8 Å². The van der Waals surface area contributed by atoms with Crippen molar-refractivity contribution >= 4 is 27.6 Å². The van der Waals surface area contributed by atoms with Gasteiger partial charge >= 0.3 is 5.97 Å². The van der Waals surface area contributed by atoms with Gasteiger partial charge in [0.05, 0.1) is 10.6 Å². The third-order valence-corrected chi connectivity index (χ3v) is 6.29. The summed E-state index contributed by atoms with van der Waals surface area (Å²) in [6.07, 6.45) is 1.60. The van der Waals surface area contributed by atoms with Crippen molar-refractivity contribution in [1.82, 2.24) is 4.31 Å². The molecule has 1 atom stereocenters. The number of benzene rings is 1. The number of nitrogens with one attached hydrogen (secondary N) is 1. The van der Waals surface area contributed by atoms with Gasteiger partial charge in [-0.1, -0.05) is 0 Å². The van der Waals surface area contributed by atoms with Crippen LogP contribution in [0.15, 0.2) is 17.0 Å². The molecule has 2 aliphatic rings. The van der Waals surface area contributed by atoms with E-state index in [1.54, 1.807) is 6.92 Å². The lowest BCUT2D eigenvalue weighted by Gasteiger charge is -2.32. The van der Waals surface area contributed by atoms with E-state index in [0.717, 1.165) is 4.31 Å². The molecule has 1 saturated heterocycles. The van der Waals surface area contributed by atoms with Gasteiger partial charge in [-0.3, -0.25) is 9.59 Å². The number of aryl methyl sites for hydroxylation is 1. The van der Waals surface area contributed by atoms with Crippen molar-refractivity contribution in [2.75, 3.05) is 18.5 Å². The average Bonchev–Trinajstić information content (AvgIpc) is 2.53. The number of fused-ring (bicyclic) bond motifs is 1. The highest BCUT2D eigenvalue weighted by molar-refractivity contribution is 7.89. The van der Waals surface area contributed by atoms with Gasteiger partial charge in [0.2, 0.25) is 10.0 Å². The molecule has 0 aromatic heterocycles. The van der Waals surface area contributed by atoms with Crippen molar-refractivity contribution in [2.45, 2.75) is 37.1 Å². The molecular weight excluding hydrogens is 336 g/mol. The highest BCUT2D eigenvalue weighted by Crippen LogP contribution is 2.35. The van der Waals surface area contributed by atoms with Crippen LogP contribution in [-0.2, 0) is 19.6 Å². The highest BCUT2D eigenvalue weighted by atomic mass is 32.2. The van der Waals surface area contributed by atoms with E-state index in [1.807, 2.05) is 0 Å². The quantitative estimate of drug-likeness (QED) is 0.836. The minimum Gasteiger partial charge on any atom is -0.482 e. The topological polar surface area (TPSA) is 113 Å². The molecule has 9 heteroatoms. The van der Waals surface area contributed by atoms with Gasteiger partial charge in [0.1, 0.15) is 11.8 Å². The Balaban J connectivity index is 2.03. The zero-order valence-corrected chi connectivity index (χ0v) is 13.9. The molecule has 0 bridgehead atoms. The molecule has 1 aromatic rings. The predicted molar refractivity (Wildman–Crippen MR) is 84.5 cm³/mol. The van der Waals surface area contributed by atoms with Gasteiger partial charge < -0.3 is 15.2 Å². The van der Waals surface area contributed by atoms with E-state index in [1.165, 1.54) is 12.1 Å². The van der Waals surface area contributed by atoms with Crippen LogP contribution in [0.4, 0.5) is 5.69 Å². The molecule has 1 amide bonds. The summed E-state index contributed by atoms with van der Waals surface area (Å²) < 4.78 is 32.3. The van der Waals surface area contributed by atoms with Crippen molar-refractivity contribution in [2.24, 2.45) is 0 Å². The summed E-state index contributed by atoms with van der Waals surface area (Å²) in [5, 5.41) is 12.0. The molecule has 0 saturated carbocycles. The van der Waals surface area contributed by atoms with Gasteiger partial charge in [0.25, 0.3) is 5.91 Å². The number of carboxylic acids is 1. The van der Waals surface area contributed by atoms with Crippen LogP contribution in [0.3, 0.4) is 0 Å². The molecule has 0 spiro atoms. The molecule has 1 fully saturated rings. The number of hydrogen-bond donors (Lipinski definition) is 2. The lowest BCUT2D eigenvalue weighted by atomic mass is 10.1. The number of nitrogens with zero attached hydrogens (tertiary/aromatic N) is 1. The molecule has 1 aromatic carbocycles. The van der Waals surface area contributed by atoms with Crippen LogP contribution in [0, 0.1) is 6.92 Å². The van der Waals surface area contributed by atoms with E-state index >= 15 is 0 Å². The number of carbonyl (C=O) groups excluding carboxylic acids is 1. The number of amides is 1. The van der Waals surface area contributed by atoms with Gasteiger partial charge in [0, 0.05) is 12.6 Å². The fourth-order valence-corrected chi connectivity index (χ4v) is 4.93. The lowest BCUT2D eigenvalue weighted by molar-refractivity contribution is -0.142. The molecule has 2 N–H and O–H groups in total. The SMILES string of the molecule is Cc1cc2c(cc1S(=O)(=O)N1CCCC[C@H]1C(=O)O)OCC(=O)N2. The fourth-order valence-electron chi connectivity index (χ4n) is 3.06. The smallest absolute Gasteiger partial charge is 0.322 e. The van der Waals surface area contributed by atoms with Crippen LogP contribution in [0.5, 0.6) is 5.75 Å². The summed E-state index contributed by atoms with van der Waals surface area (Å²) in [6, 6.07) is 1.83. The molecule has 0 radical (unpaired) electrons. The van der Waals surface area contributed by atoms with Crippen LogP contribution < -0.4 is 10.1 Å². The number of carboxylic acid groups (broad SMARTS) is 1. The van der Waals surface area contributed by atoms with Crippen LogP contribution in [-0.4, -0.2) is 48.9 Å². The lowest BCUT2D eigenvalue weighted by Crippen LogP contribution is -2.48. The molecule has 24 heavy (non-hydrogen) atoms. The number of anilines is 1. The number of aliphatic carboxylic acids is 1. The second-order valence-corrected chi connectivity index (χ2v) is 7.78. The summed E-state index contributed by atoms with van der Waals surface area (Å²) in [7, 11) is -3.97. The van der Waals surface area contributed by atoms with Gasteiger partial charge in [-0.15, -0.1) is 0 Å². The normalized spacial score (nSPS) is 21.5. The first-order chi connectivity index (χ1) is 11.3. The molecular formula is C15H18N2O6S. The largest absolute Gasteiger partial charge is 0.482 e. The number of hydrogen-bond acceptors (Lipinski definition) is 5. The first-order valence-corrected chi connectivity index (χ1v) is 9.06. The second-order valence-electron chi connectivity index (χ2n) is 5.92. The molecule has 0 unspecified atom stereocenters. The Kier molecular flexibility index (Phi) is 4.22. The summed E-state index contributed by atoms with van der Waals surface area (Å²) in [5.74, 6) is -1.18. The maximum absolute atomic E-state index is 13.0. The van der Waals surface area contributed by atoms with Crippen molar-refractivity contribution in [3.8, 4) is 5.75 Å². The standard InChI is InChI=1S/C15H18N2O6S/c1-9-6-10-12(23-8-14(18)16-10)7-13(9)24(21,22)17-5-3-2-4-11(17)15(19)20/h6-7,11H,2-5,8H2,1H3,(H,16,18)(H,19,20)/t11-/m0/s1. The van der Waals surface area contributed by atoms with Crippen LogP contribution >= 0.6 is 0 Å². The first kappa shape index (κ1) is 16.7. The van der Waals surface area contributed by atoms with E-state index in [9.17, 15) is 23.1 Å². The van der Waals surface area contributed by atoms with E-state index in [2.05, 4.69) is 5.32 Å². The molecule has 0 aliphatic carbocycles. The van der Waals surface area contributed by atoms with Crippen LogP contribution in [0.2, 0.25) is 0 Å². The zero-order valence-electron chi connectivity index (χ0n) is 13.1. The van der Waals surface area contributed by atoms with Crippen molar-refractivity contribution in [1.29, 1.82) is 0 Å². The van der Waals surface area contributed by atoms with Gasteiger partial charge in [-0.25, -0.2) is 8.42 Å². The second kappa shape index (κ2) is 6.06. The van der Waals surface area contributed by atoms with Crippen molar-refractivity contribution in [3.05, 3.63) is 17.7 Å². The van der Waals surface area contributed by atoms with Crippen LogP contribution in [0.25, 0.3) is 0 Å². The highest BCUT2D eigenvalue weighted by Gasteiger charge is 2.38. The Hall–Kier alpha value is -2.13. The number of sulfonamides is 1. The number of ether oxygens (including phenoxy) is 1. The molecule has 3 rings (SSSR count). The Morgan fingerprint density at radius 3 is 2.83 bits per heavy atom. The molecule has 130 valence electrons. The number of piperidine rings is 1. The van der Waals surface area contributed by atoms with Crippen molar-refractivity contribution < 1.29 is 27.9 Å². The molecule has 2 aliphatic heterocycles. The Labute approximate surface area is 139 Å². The number of rotatable bonds is 3. The maximum atomic E-state index is 13.0. The van der Waals surface area contributed by atoms with E-state index < -0.39 is 22.0 Å². The Morgan fingerprint density at radius 2 is 2.12 bits per heavy atom. The Morgan fingerprint density at radius 1 is 1.38 bits per heavy atom. The average molecular weight is 354 g/mol. The van der Waals surface area contributed by atoms with Gasteiger partial charge in [0.15, 0.2) is 6.61 Å². The molecule has 8 nitrogen and oxygen atoms in total. The van der Waals surface area contributed by atoms with Crippen LogP contribution in [0.1, 0.15) is 24.8 Å². The molecule has 2 heterocycles. The fraction of sp³-hybridized carbons (Fsp3) is 0.467. The third kappa shape index (κ3) is 2.84. The third-order valence-electron chi connectivity index (χ3n) is 4.24. The van der Waals surface area contributed by atoms with Crippen molar-refractivity contribution in [3.63, 3.8) is 0 Å². The minimum absolute atomic E-state index is 0.00514. The minimum atomic E-state index is -3.97. The summed E-state index contributed by atoms with van der Waals surface area (Å²) in [4.78, 5) is 22.8. The summed E-state index contributed by atoms with van der Waals surface area (Å²) >= 11 is 0. The van der Waals surface area contributed by atoms with E-state index in [4.69, 9.17) is 4.74 Å². The monoisotopic (exact) mass is 354 g/mol. The zero-order chi connectivity index (χ0) is 17.5. The first-order valence-electron chi connectivity index (χ1n) is 7.62. The maximum Gasteiger partial charge on any atom is 0.322 e. The summed E-state index contributed by atoms with van der Waals surface area (Å²) in [6.45, 7) is 1.60. The van der Waals surface area contributed by atoms with E-state index in [-0.39, 0.29) is 29.7 Å². The number of carbonyl (C=O) groups is 2. The summed E-state index contributed by atoms with van der Waals surface area (Å²) in [5.41, 5.74) is 0.838. The predicted octanol–water partition coefficient (Wildman–Crippen LogP) is 0.954.